The number of unbranched alkanes of at least 4 members (excludes halogenated alkanes) is 24. The highest BCUT2D eigenvalue weighted by Crippen LogP contribution is 2.08. The minimum absolute atomic E-state index is 0.337. The van der Waals surface area contributed by atoms with Gasteiger partial charge in [0.25, 0.3) is 0 Å². The van der Waals surface area contributed by atoms with Crippen molar-refractivity contribution in [2.75, 3.05) is 26.4 Å². The lowest BCUT2D eigenvalue weighted by Crippen LogP contribution is -2.15. The van der Waals surface area contributed by atoms with Crippen LogP contribution in [-0.2, 0) is 28.8 Å². The van der Waals surface area contributed by atoms with E-state index in [0.29, 0.717) is 38.5 Å². The van der Waals surface area contributed by atoms with Crippen molar-refractivity contribution in [2.24, 2.45) is 0 Å². The Morgan fingerprint density at radius 3 is 0.417 bits per heavy atom. The largest absolute Gasteiger partial charge is 0.481 e. The first kappa shape index (κ1) is 85.3. The molecule has 0 spiro atoms. The van der Waals surface area contributed by atoms with Gasteiger partial charge in [0, 0.05) is 38.5 Å². The van der Waals surface area contributed by atoms with Crippen LogP contribution >= 0.6 is 0 Å². The number of hydrogen-bond acceptors (Lipinski definition) is 12. The van der Waals surface area contributed by atoms with Gasteiger partial charge < -0.3 is 61.3 Å². The molecule has 18 nitrogen and oxygen atoms in total. The summed E-state index contributed by atoms with van der Waals surface area (Å²) in [6, 6.07) is 0. The molecule has 436 valence electrons. The van der Waals surface area contributed by atoms with E-state index in [9.17, 15) is 28.8 Å². The Morgan fingerprint density at radius 2 is 0.347 bits per heavy atom. The molecule has 0 heterocycles. The minimum atomic E-state index is -0.954. The number of aliphatic carboxylic acids is 6. The third kappa shape index (κ3) is 132. The second kappa shape index (κ2) is 81.6. The van der Waals surface area contributed by atoms with Gasteiger partial charge in [-0.25, -0.2) is 0 Å². The Labute approximate surface area is 436 Å². The second-order valence-corrected chi connectivity index (χ2v) is 17.4. The quantitative estimate of drug-likeness (QED) is 0.0254. The molecule has 0 aromatic rings. The molecule has 0 aliphatic carbocycles. The molecule has 0 radical (unpaired) electrons. The topological polar surface area (TPSA) is 345 Å². The lowest BCUT2D eigenvalue weighted by atomic mass is 10.1. The predicted octanol–water partition coefficient (Wildman–Crippen LogP) is 11.3. The lowest BCUT2D eigenvalue weighted by molar-refractivity contribution is -0.138. The SMILES string of the molecule is CCCCCCCC(=O)O.CCCCCCCC(=O)O.CCCCCCCC(=O)O.CCCCCCCC(=O)O.CCCCCCCC(=O)O.CCCCCCCC(=O)O.OCC(O)CO.OCC(O)CO. The summed E-state index contributed by atoms with van der Waals surface area (Å²) in [5, 5.41) is 97.7. The molecule has 0 rings (SSSR count). The Morgan fingerprint density at radius 1 is 0.236 bits per heavy atom. The molecule has 0 saturated heterocycles. The number of hydrogen-bond donors (Lipinski definition) is 12. The van der Waals surface area contributed by atoms with Crippen LogP contribution in [0.15, 0.2) is 0 Å². The van der Waals surface area contributed by atoms with Crippen molar-refractivity contribution in [3.05, 3.63) is 0 Å². The standard InChI is InChI=1S/6C8H16O2.2C3H8O3/c6*1-2-3-4-5-6-7-8(9)10;2*4-1-3(6)2-5/h6*2-7H2,1H3,(H,9,10);2*3-6H,1-2H2. The molecule has 72 heavy (non-hydrogen) atoms. The molecule has 0 atom stereocenters. The van der Waals surface area contributed by atoms with Crippen molar-refractivity contribution in [1.29, 1.82) is 0 Å². The lowest BCUT2D eigenvalue weighted by Gasteiger charge is -1.96. The Kier molecular flexibility index (Phi) is 96.8. The van der Waals surface area contributed by atoms with Crippen LogP contribution in [0.4, 0.5) is 0 Å². The monoisotopic (exact) mass is 1050 g/mol. The van der Waals surface area contributed by atoms with Gasteiger partial charge in [-0.1, -0.05) is 196 Å². The van der Waals surface area contributed by atoms with Crippen LogP contribution in [0.1, 0.15) is 273 Å². The van der Waals surface area contributed by atoms with Crippen LogP contribution in [0, 0.1) is 0 Å². The third-order valence-corrected chi connectivity index (χ3v) is 9.81. The fourth-order valence-electron chi connectivity index (χ4n) is 5.39. The summed E-state index contributed by atoms with van der Waals surface area (Å²) in [6.45, 7) is 11.4. The van der Waals surface area contributed by atoms with Gasteiger partial charge in [-0.3, -0.25) is 28.8 Å². The molecule has 0 aliphatic heterocycles. The summed E-state index contributed by atoms with van der Waals surface area (Å²) in [7, 11) is 0. The van der Waals surface area contributed by atoms with Crippen molar-refractivity contribution in [2.45, 2.75) is 285 Å². The summed E-state index contributed by atoms with van der Waals surface area (Å²) >= 11 is 0. The highest BCUT2D eigenvalue weighted by Gasteiger charge is 1.99. The predicted molar refractivity (Wildman–Crippen MR) is 286 cm³/mol. The molecule has 0 aliphatic rings. The molecule has 0 saturated carbocycles. The van der Waals surface area contributed by atoms with Crippen LogP contribution in [-0.4, -0.2) is 136 Å². The van der Waals surface area contributed by atoms with Gasteiger partial charge in [0.15, 0.2) is 0 Å². The smallest absolute Gasteiger partial charge is 0.303 e. The molecule has 0 aromatic heterocycles. The van der Waals surface area contributed by atoms with Gasteiger partial charge in [0.2, 0.25) is 0 Å². The van der Waals surface area contributed by atoms with E-state index in [2.05, 4.69) is 41.5 Å². The van der Waals surface area contributed by atoms with Crippen molar-refractivity contribution in [3.63, 3.8) is 0 Å². The Balaban J connectivity index is -0.000000109. The maximum Gasteiger partial charge on any atom is 0.303 e. The molecule has 0 aromatic carbocycles. The Bertz CT molecular complexity index is 873. The normalized spacial score (nSPS) is 9.75. The number of carbonyl (C=O) groups is 6. The van der Waals surface area contributed by atoms with Gasteiger partial charge in [0.05, 0.1) is 26.4 Å². The maximum absolute atomic E-state index is 10.0. The summed E-state index contributed by atoms with van der Waals surface area (Å²) in [5.74, 6) is -4.02. The number of aliphatic hydroxyl groups excluding tert-OH is 6. The summed E-state index contributed by atoms with van der Waals surface area (Å²) < 4.78 is 0. The van der Waals surface area contributed by atoms with Crippen LogP contribution in [0.5, 0.6) is 0 Å². The van der Waals surface area contributed by atoms with Crippen molar-refractivity contribution < 1.29 is 90.0 Å². The Hall–Kier alpha value is -3.42. The zero-order valence-electron chi connectivity index (χ0n) is 46.3. The van der Waals surface area contributed by atoms with E-state index in [1.165, 1.54) is 116 Å². The van der Waals surface area contributed by atoms with Crippen molar-refractivity contribution >= 4 is 35.8 Å². The minimum Gasteiger partial charge on any atom is -0.481 e. The maximum atomic E-state index is 10.0. The fraction of sp³-hybridized carbons (Fsp3) is 0.889. The van der Waals surface area contributed by atoms with E-state index >= 15 is 0 Å². The zero-order chi connectivity index (χ0) is 56.9. The van der Waals surface area contributed by atoms with Crippen LogP contribution in [0.2, 0.25) is 0 Å². The van der Waals surface area contributed by atoms with E-state index in [4.69, 9.17) is 61.3 Å². The zero-order valence-corrected chi connectivity index (χ0v) is 46.3. The molecule has 0 fully saturated rings. The van der Waals surface area contributed by atoms with Crippen LogP contribution < -0.4 is 0 Å². The van der Waals surface area contributed by atoms with Gasteiger partial charge in [-0.05, 0) is 38.5 Å². The molecule has 18 heteroatoms. The molecular weight excluding hydrogens is 937 g/mol. The third-order valence-electron chi connectivity index (χ3n) is 9.81. The highest BCUT2D eigenvalue weighted by molar-refractivity contribution is 5.68. The molecule has 0 bridgehead atoms. The van der Waals surface area contributed by atoms with Gasteiger partial charge in [-0.15, -0.1) is 0 Å². The van der Waals surface area contributed by atoms with Crippen molar-refractivity contribution in [3.8, 4) is 0 Å². The van der Waals surface area contributed by atoms with E-state index in [1.807, 2.05) is 0 Å². The van der Waals surface area contributed by atoms with Crippen LogP contribution in [0.25, 0.3) is 0 Å². The highest BCUT2D eigenvalue weighted by atomic mass is 16.4. The van der Waals surface area contributed by atoms with Crippen molar-refractivity contribution in [1.82, 2.24) is 0 Å². The number of carboxylic acid groups (broad SMARTS) is 6. The molecular formula is C54H112O18. The first-order chi connectivity index (χ1) is 34.2. The first-order valence-corrected chi connectivity index (χ1v) is 27.3. The van der Waals surface area contributed by atoms with E-state index < -0.39 is 48.0 Å². The van der Waals surface area contributed by atoms with E-state index in [1.54, 1.807) is 0 Å². The fourth-order valence-corrected chi connectivity index (χ4v) is 5.39. The average molecular weight is 1050 g/mol. The molecule has 12 N–H and O–H groups in total. The summed E-state index contributed by atoms with van der Waals surface area (Å²) in [4.78, 5) is 60.2. The van der Waals surface area contributed by atoms with Gasteiger partial charge in [-0.2, -0.15) is 0 Å². The van der Waals surface area contributed by atoms with Gasteiger partial charge in [0.1, 0.15) is 12.2 Å². The van der Waals surface area contributed by atoms with E-state index in [-0.39, 0.29) is 26.4 Å². The van der Waals surface area contributed by atoms with E-state index in [0.717, 1.165) is 77.0 Å². The first-order valence-electron chi connectivity index (χ1n) is 27.3. The number of carboxylic acids is 6. The number of aliphatic hydroxyl groups is 6. The molecule has 0 amide bonds. The molecule has 0 unspecified atom stereocenters. The summed E-state index contributed by atoms with van der Waals surface area (Å²) in [6.07, 6.45) is 33.4. The average Bonchev–Trinajstić information content (AvgIpc) is 3.34. The van der Waals surface area contributed by atoms with Gasteiger partial charge >= 0.3 is 35.8 Å². The van der Waals surface area contributed by atoms with Crippen LogP contribution in [0.3, 0.4) is 0 Å². The summed E-state index contributed by atoms with van der Waals surface area (Å²) in [5.41, 5.74) is 0. The second-order valence-electron chi connectivity index (χ2n) is 17.4. The number of rotatable bonds is 40.